The van der Waals surface area contributed by atoms with Crippen LogP contribution in [0.5, 0.6) is 0 Å². The van der Waals surface area contributed by atoms with Gasteiger partial charge in [-0.05, 0) is 12.1 Å². The van der Waals surface area contributed by atoms with Crippen LogP contribution < -0.4 is 10.6 Å². The molecule has 0 atom stereocenters. The average molecular weight is 323 g/mol. The quantitative estimate of drug-likeness (QED) is 0.726. The summed E-state index contributed by atoms with van der Waals surface area (Å²) < 4.78 is 0. The van der Waals surface area contributed by atoms with Crippen molar-refractivity contribution < 1.29 is 4.79 Å². The molecule has 0 unspecified atom stereocenters. The van der Waals surface area contributed by atoms with Gasteiger partial charge in [-0.3, -0.25) is 4.79 Å². The molecule has 1 saturated heterocycles. The van der Waals surface area contributed by atoms with E-state index in [9.17, 15) is 4.79 Å². The van der Waals surface area contributed by atoms with Crippen molar-refractivity contribution in [2.24, 2.45) is 0 Å². The standard InChI is InChI=1S/C16H17N7O/c17-16-20-13-12(18-10-19-13)14(21-16)22-6-8-23(9-7-22)15(24)11-4-2-1-3-5-11/h1-5,10H,6-9H2,(H3,17,18,19,20,21). The third-order valence-electron chi connectivity index (χ3n) is 4.17. The third-order valence-corrected chi connectivity index (χ3v) is 4.17. The van der Waals surface area contributed by atoms with E-state index in [1.807, 2.05) is 35.2 Å². The highest BCUT2D eigenvalue weighted by atomic mass is 16.2. The van der Waals surface area contributed by atoms with E-state index in [0.29, 0.717) is 37.4 Å². The van der Waals surface area contributed by atoms with Gasteiger partial charge in [0.15, 0.2) is 11.5 Å². The normalized spacial score (nSPS) is 15.0. The fraction of sp³-hybridized carbons (Fsp3) is 0.250. The maximum atomic E-state index is 12.5. The summed E-state index contributed by atoms with van der Waals surface area (Å²) in [6.07, 6.45) is 1.58. The number of fused-ring (bicyclic) bond motifs is 1. The van der Waals surface area contributed by atoms with Crippen LogP contribution in [0.2, 0.25) is 0 Å². The van der Waals surface area contributed by atoms with Gasteiger partial charge >= 0.3 is 0 Å². The molecule has 3 aromatic rings. The third kappa shape index (κ3) is 2.51. The maximum Gasteiger partial charge on any atom is 0.253 e. The smallest absolute Gasteiger partial charge is 0.253 e. The second kappa shape index (κ2) is 5.80. The molecular formula is C16H17N7O. The first-order valence-electron chi connectivity index (χ1n) is 7.78. The van der Waals surface area contributed by atoms with Gasteiger partial charge < -0.3 is 20.5 Å². The molecule has 0 bridgehead atoms. The zero-order valence-corrected chi connectivity index (χ0v) is 13.0. The number of nitrogen functional groups attached to an aromatic ring is 1. The molecule has 24 heavy (non-hydrogen) atoms. The molecular weight excluding hydrogens is 306 g/mol. The van der Waals surface area contributed by atoms with Gasteiger partial charge in [-0.25, -0.2) is 4.98 Å². The molecule has 8 nitrogen and oxygen atoms in total. The van der Waals surface area contributed by atoms with Crippen molar-refractivity contribution in [1.29, 1.82) is 0 Å². The van der Waals surface area contributed by atoms with Crippen molar-refractivity contribution in [2.75, 3.05) is 36.8 Å². The first-order valence-corrected chi connectivity index (χ1v) is 7.78. The number of piperazine rings is 1. The average Bonchev–Trinajstić information content (AvgIpc) is 3.09. The fourth-order valence-electron chi connectivity index (χ4n) is 2.95. The van der Waals surface area contributed by atoms with E-state index in [4.69, 9.17) is 5.73 Å². The largest absolute Gasteiger partial charge is 0.368 e. The molecule has 1 fully saturated rings. The molecule has 122 valence electrons. The predicted molar refractivity (Wildman–Crippen MR) is 90.7 cm³/mol. The van der Waals surface area contributed by atoms with Gasteiger partial charge in [0.1, 0.15) is 5.52 Å². The van der Waals surface area contributed by atoms with Crippen LogP contribution in [0.4, 0.5) is 11.8 Å². The summed E-state index contributed by atoms with van der Waals surface area (Å²) in [5.74, 6) is 0.998. The number of aromatic nitrogens is 4. The van der Waals surface area contributed by atoms with Gasteiger partial charge in [-0.1, -0.05) is 18.2 Å². The first-order chi connectivity index (χ1) is 11.7. The van der Waals surface area contributed by atoms with Crippen molar-refractivity contribution in [2.45, 2.75) is 0 Å². The van der Waals surface area contributed by atoms with E-state index >= 15 is 0 Å². The van der Waals surface area contributed by atoms with Crippen LogP contribution in [0.1, 0.15) is 10.4 Å². The Hall–Kier alpha value is -3.16. The minimum Gasteiger partial charge on any atom is -0.368 e. The predicted octanol–water partition coefficient (Wildman–Crippen LogP) is 0.897. The number of hydrogen-bond acceptors (Lipinski definition) is 6. The lowest BCUT2D eigenvalue weighted by Gasteiger charge is -2.35. The van der Waals surface area contributed by atoms with Gasteiger partial charge in [0.25, 0.3) is 5.91 Å². The second-order valence-electron chi connectivity index (χ2n) is 5.65. The highest BCUT2D eigenvalue weighted by molar-refractivity contribution is 5.94. The van der Waals surface area contributed by atoms with Crippen LogP contribution in [-0.2, 0) is 0 Å². The Balaban J connectivity index is 1.52. The summed E-state index contributed by atoms with van der Waals surface area (Å²) in [6.45, 7) is 2.63. The topological polar surface area (TPSA) is 104 Å². The first kappa shape index (κ1) is 14.4. The van der Waals surface area contributed by atoms with Gasteiger partial charge in [0.05, 0.1) is 6.33 Å². The SMILES string of the molecule is Nc1nc(N2CCN(C(=O)c3ccccc3)CC2)c2[nH]cnc2n1. The number of anilines is 2. The Labute approximate surface area is 138 Å². The molecule has 0 aliphatic carbocycles. The number of rotatable bonds is 2. The van der Waals surface area contributed by atoms with E-state index in [1.54, 1.807) is 6.33 Å². The van der Waals surface area contributed by atoms with Gasteiger partial charge in [-0.15, -0.1) is 0 Å². The Morgan fingerprint density at radius 2 is 1.83 bits per heavy atom. The lowest BCUT2D eigenvalue weighted by molar-refractivity contribution is 0.0746. The molecule has 1 aromatic carbocycles. The molecule has 1 amide bonds. The fourth-order valence-corrected chi connectivity index (χ4v) is 2.95. The monoisotopic (exact) mass is 323 g/mol. The molecule has 0 saturated carbocycles. The highest BCUT2D eigenvalue weighted by Crippen LogP contribution is 2.23. The lowest BCUT2D eigenvalue weighted by atomic mass is 10.2. The Morgan fingerprint density at radius 3 is 2.58 bits per heavy atom. The summed E-state index contributed by atoms with van der Waals surface area (Å²) in [7, 11) is 0. The van der Waals surface area contributed by atoms with E-state index < -0.39 is 0 Å². The minimum atomic E-state index is 0.0594. The van der Waals surface area contributed by atoms with Crippen LogP contribution >= 0.6 is 0 Å². The van der Waals surface area contributed by atoms with Crippen molar-refractivity contribution in [1.82, 2.24) is 24.8 Å². The van der Waals surface area contributed by atoms with Gasteiger partial charge in [0, 0.05) is 31.7 Å². The number of hydrogen-bond donors (Lipinski definition) is 2. The maximum absolute atomic E-state index is 12.5. The van der Waals surface area contributed by atoms with Crippen LogP contribution in [0, 0.1) is 0 Å². The Morgan fingerprint density at radius 1 is 1.08 bits per heavy atom. The van der Waals surface area contributed by atoms with Gasteiger partial charge in [-0.2, -0.15) is 9.97 Å². The molecule has 1 aliphatic heterocycles. The van der Waals surface area contributed by atoms with E-state index in [2.05, 4.69) is 24.8 Å². The Kier molecular flexibility index (Phi) is 3.49. The summed E-state index contributed by atoms with van der Waals surface area (Å²) in [6, 6.07) is 9.34. The van der Waals surface area contributed by atoms with Crippen molar-refractivity contribution >= 4 is 28.8 Å². The molecule has 3 N–H and O–H groups in total. The number of aromatic amines is 1. The molecule has 1 aliphatic rings. The number of nitrogens with one attached hydrogen (secondary N) is 1. The van der Waals surface area contributed by atoms with E-state index in [0.717, 1.165) is 11.3 Å². The van der Waals surface area contributed by atoms with Crippen LogP contribution in [0.15, 0.2) is 36.7 Å². The van der Waals surface area contributed by atoms with Crippen molar-refractivity contribution in [3.05, 3.63) is 42.2 Å². The summed E-state index contributed by atoms with van der Waals surface area (Å²) >= 11 is 0. The minimum absolute atomic E-state index is 0.0594. The molecule has 0 spiro atoms. The number of H-pyrrole nitrogens is 1. The highest BCUT2D eigenvalue weighted by Gasteiger charge is 2.24. The summed E-state index contributed by atoms with van der Waals surface area (Å²) in [5, 5.41) is 0. The second-order valence-corrected chi connectivity index (χ2v) is 5.65. The molecule has 3 heterocycles. The number of carbonyl (C=O) groups excluding carboxylic acids is 1. The van der Waals surface area contributed by atoms with Crippen LogP contribution in [0.3, 0.4) is 0 Å². The number of nitrogens with two attached hydrogens (primary N) is 1. The Bertz CT molecular complexity index is 869. The summed E-state index contributed by atoms with van der Waals surface area (Å²) in [4.78, 5) is 32.1. The zero-order chi connectivity index (χ0) is 16.5. The molecule has 4 rings (SSSR count). The number of benzene rings is 1. The van der Waals surface area contributed by atoms with Crippen LogP contribution in [0.25, 0.3) is 11.2 Å². The molecule has 0 radical (unpaired) electrons. The van der Waals surface area contributed by atoms with Crippen molar-refractivity contribution in [3.63, 3.8) is 0 Å². The van der Waals surface area contributed by atoms with E-state index in [-0.39, 0.29) is 11.9 Å². The number of carbonyl (C=O) groups is 1. The number of imidazole rings is 1. The summed E-state index contributed by atoms with van der Waals surface area (Å²) in [5.41, 5.74) is 7.82. The van der Waals surface area contributed by atoms with E-state index in [1.165, 1.54) is 0 Å². The number of nitrogens with zero attached hydrogens (tertiary/aromatic N) is 5. The lowest BCUT2D eigenvalue weighted by Crippen LogP contribution is -2.49. The zero-order valence-electron chi connectivity index (χ0n) is 13.0. The number of amides is 1. The molecule has 2 aromatic heterocycles. The van der Waals surface area contributed by atoms with Crippen LogP contribution in [-0.4, -0.2) is 56.9 Å². The van der Waals surface area contributed by atoms with Gasteiger partial charge in [0.2, 0.25) is 5.95 Å². The molecule has 8 heteroatoms. The van der Waals surface area contributed by atoms with Crippen molar-refractivity contribution in [3.8, 4) is 0 Å².